The fourth-order valence-electron chi connectivity index (χ4n) is 2.02. The Balaban J connectivity index is 2.64. The molecule has 0 unspecified atom stereocenters. The fraction of sp³-hybridized carbons (Fsp3) is 0.286. The number of hydrogen-bond donors (Lipinski definition) is 2. The third-order valence-corrected chi connectivity index (χ3v) is 5.01. The van der Waals surface area contributed by atoms with Crippen LogP contribution in [0.1, 0.15) is 21.1 Å². The maximum absolute atomic E-state index is 13.2. The quantitative estimate of drug-likeness (QED) is 0.392. The van der Waals surface area contributed by atoms with E-state index >= 15 is 0 Å². The lowest BCUT2D eigenvalue weighted by Gasteiger charge is -2.34. The van der Waals surface area contributed by atoms with Gasteiger partial charge in [-0.2, -0.15) is 26.3 Å². The van der Waals surface area contributed by atoms with Crippen LogP contribution in [0.25, 0.3) is 0 Å². The average molecular weight is 470 g/mol. The second-order valence-electron chi connectivity index (χ2n) is 5.13. The Hall–Kier alpha value is -1.60. The van der Waals surface area contributed by atoms with Crippen LogP contribution in [0.2, 0.25) is 10.0 Å². The molecule has 2 aromatic rings. The summed E-state index contributed by atoms with van der Waals surface area (Å²) in [6.07, 6.45) is -12.6. The molecule has 0 spiro atoms. The Kier molecular flexibility index (Phi) is 6.22. The van der Waals surface area contributed by atoms with E-state index in [1.807, 2.05) is 0 Å². The second kappa shape index (κ2) is 7.67. The summed E-state index contributed by atoms with van der Waals surface area (Å²) in [6, 6.07) is 1.30. The number of halogens is 8. The molecule has 0 amide bonds. The third-order valence-electron chi connectivity index (χ3n) is 3.33. The van der Waals surface area contributed by atoms with Crippen molar-refractivity contribution in [1.29, 1.82) is 0 Å². The number of ether oxygens (including phenoxy) is 1. The van der Waals surface area contributed by atoms with E-state index in [2.05, 4.69) is 9.72 Å². The lowest BCUT2D eigenvalue weighted by molar-refractivity contribution is -0.376. The molecule has 154 valence electrons. The Labute approximate surface area is 166 Å². The van der Waals surface area contributed by atoms with Crippen LogP contribution in [0.5, 0.6) is 5.75 Å². The molecule has 2 rings (SSSR count). The first-order valence-electron chi connectivity index (χ1n) is 6.85. The lowest BCUT2D eigenvalue weighted by Crippen LogP contribution is -2.54. The molecule has 2 N–H and O–H groups in total. The van der Waals surface area contributed by atoms with E-state index in [0.29, 0.717) is 17.4 Å². The summed E-state index contributed by atoms with van der Waals surface area (Å²) < 4.78 is 84.0. The maximum Gasteiger partial charge on any atom is 0.430 e. The Bertz CT molecular complexity index is 885. The number of nitrogens with zero attached hydrogens (tertiary/aromatic N) is 1. The first kappa shape index (κ1) is 22.7. The molecular formula is C14H7Cl2F6NO4S. The number of benzene rings is 1. The molecule has 5 nitrogen and oxygen atoms in total. The van der Waals surface area contributed by atoms with Gasteiger partial charge in [-0.05, 0) is 12.1 Å². The normalized spacial score (nSPS) is 12.9. The van der Waals surface area contributed by atoms with Gasteiger partial charge in [-0.25, -0.2) is 9.78 Å². The highest BCUT2D eigenvalue weighted by molar-refractivity contribution is 7.11. The first-order chi connectivity index (χ1) is 12.7. The standard InChI is InChI=1S/C14H7Cl2F6NO4S/c15-6-1-2-7(27-11(25)10-23-5(3-24)4-28-10)8(9(6)16)12(26,13(17,18)19)14(20,21)22/h1-2,4,24,26H,3H2. The Morgan fingerprint density at radius 3 is 2.18 bits per heavy atom. The molecule has 0 bridgehead atoms. The van der Waals surface area contributed by atoms with Crippen LogP contribution >= 0.6 is 34.5 Å². The van der Waals surface area contributed by atoms with Crippen molar-refractivity contribution >= 4 is 40.5 Å². The van der Waals surface area contributed by atoms with Crippen LogP contribution in [0, 0.1) is 0 Å². The van der Waals surface area contributed by atoms with Crippen LogP contribution in [0.4, 0.5) is 26.3 Å². The van der Waals surface area contributed by atoms with Crippen LogP contribution in [-0.4, -0.2) is 33.5 Å². The summed E-state index contributed by atoms with van der Waals surface area (Å²) in [5.41, 5.74) is -7.45. The zero-order valence-corrected chi connectivity index (χ0v) is 15.4. The molecule has 0 aliphatic rings. The molecule has 0 saturated heterocycles. The second-order valence-corrected chi connectivity index (χ2v) is 6.78. The van der Waals surface area contributed by atoms with Gasteiger partial charge < -0.3 is 14.9 Å². The van der Waals surface area contributed by atoms with E-state index < -0.39 is 56.9 Å². The summed E-state index contributed by atoms with van der Waals surface area (Å²) in [5.74, 6) is -2.76. The number of esters is 1. The van der Waals surface area contributed by atoms with Gasteiger partial charge in [0.05, 0.1) is 27.9 Å². The molecular weight excluding hydrogens is 463 g/mol. The van der Waals surface area contributed by atoms with Crippen molar-refractivity contribution in [2.24, 2.45) is 0 Å². The fourth-order valence-corrected chi connectivity index (χ4v) is 3.15. The van der Waals surface area contributed by atoms with E-state index in [-0.39, 0.29) is 5.69 Å². The summed E-state index contributed by atoms with van der Waals surface area (Å²) in [5, 5.41) is 17.2. The first-order valence-corrected chi connectivity index (χ1v) is 8.49. The minimum absolute atomic E-state index is 0.0217. The van der Waals surface area contributed by atoms with E-state index in [9.17, 15) is 36.2 Å². The van der Waals surface area contributed by atoms with Gasteiger partial charge in [-0.15, -0.1) is 11.3 Å². The Morgan fingerprint density at radius 1 is 1.14 bits per heavy atom. The van der Waals surface area contributed by atoms with Crippen molar-refractivity contribution in [3.05, 3.63) is 43.8 Å². The van der Waals surface area contributed by atoms with E-state index in [1.54, 1.807) is 0 Å². The van der Waals surface area contributed by atoms with Crippen molar-refractivity contribution in [3.8, 4) is 5.75 Å². The number of aliphatic hydroxyl groups is 2. The van der Waals surface area contributed by atoms with Gasteiger partial charge in [0, 0.05) is 5.38 Å². The highest BCUT2D eigenvalue weighted by atomic mass is 35.5. The molecule has 28 heavy (non-hydrogen) atoms. The number of aliphatic hydroxyl groups excluding tert-OH is 1. The van der Waals surface area contributed by atoms with Crippen LogP contribution in [0.15, 0.2) is 17.5 Å². The van der Waals surface area contributed by atoms with Crippen LogP contribution < -0.4 is 4.74 Å². The smallest absolute Gasteiger partial charge is 0.421 e. The largest absolute Gasteiger partial charge is 0.430 e. The van der Waals surface area contributed by atoms with Crippen molar-refractivity contribution in [1.82, 2.24) is 4.98 Å². The summed E-state index contributed by atoms with van der Waals surface area (Å²) in [7, 11) is 0. The zero-order valence-electron chi connectivity index (χ0n) is 13.0. The van der Waals surface area contributed by atoms with E-state index in [0.717, 1.165) is 6.07 Å². The van der Waals surface area contributed by atoms with Crippen molar-refractivity contribution < 1.29 is 46.1 Å². The number of thiazole rings is 1. The molecule has 0 aliphatic heterocycles. The number of alkyl halides is 6. The van der Waals surface area contributed by atoms with Crippen molar-refractivity contribution in [2.75, 3.05) is 0 Å². The molecule has 0 radical (unpaired) electrons. The zero-order chi connectivity index (χ0) is 21.5. The van der Waals surface area contributed by atoms with Gasteiger partial charge in [0.25, 0.3) is 5.60 Å². The third kappa shape index (κ3) is 3.92. The summed E-state index contributed by atoms with van der Waals surface area (Å²) >= 11 is 11.7. The molecule has 1 heterocycles. The summed E-state index contributed by atoms with van der Waals surface area (Å²) in [6.45, 7) is -0.566. The molecule has 0 atom stereocenters. The SMILES string of the molecule is O=C(Oc1ccc(Cl)c(Cl)c1C(O)(C(F)(F)F)C(F)(F)F)c1nc(CO)cs1. The highest BCUT2D eigenvalue weighted by Crippen LogP contribution is 2.55. The maximum atomic E-state index is 13.2. The monoisotopic (exact) mass is 469 g/mol. The predicted molar refractivity (Wildman–Crippen MR) is 85.5 cm³/mol. The minimum atomic E-state index is -6.29. The molecule has 1 aromatic carbocycles. The van der Waals surface area contributed by atoms with Gasteiger partial charge in [-0.3, -0.25) is 0 Å². The molecule has 0 aliphatic carbocycles. The number of carbonyl (C=O) groups excluding carboxylic acids is 1. The van der Waals surface area contributed by atoms with Crippen LogP contribution in [0.3, 0.4) is 0 Å². The molecule has 0 saturated carbocycles. The van der Waals surface area contributed by atoms with Gasteiger partial charge >= 0.3 is 18.3 Å². The average Bonchev–Trinajstić information content (AvgIpc) is 3.05. The molecule has 0 fully saturated rings. The van der Waals surface area contributed by atoms with Crippen LogP contribution in [-0.2, 0) is 12.2 Å². The lowest BCUT2D eigenvalue weighted by atomic mass is 9.91. The Morgan fingerprint density at radius 2 is 1.71 bits per heavy atom. The van der Waals surface area contributed by atoms with E-state index in [4.69, 9.17) is 28.3 Å². The van der Waals surface area contributed by atoms with Gasteiger partial charge in [0.2, 0.25) is 5.01 Å². The minimum Gasteiger partial charge on any atom is -0.421 e. The predicted octanol–water partition coefficient (Wildman–Crippen LogP) is 4.47. The van der Waals surface area contributed by atoms with Crippen molar-refractivity contribution in [3.63, 3.8) is 0 Å². The molecule has 1 aromatic heterocycles. The topological polar surface area (TPSA) is 79.7 Å². The van der Waals surface area contributed by atoms with Gasteiger partial charge in [0.1, 0.15) is 5.75 Å². The summed E-state index contributed by atoms with van der Waals surface area (Å²) in [4.78, 5) is 15.6. The van der Waals surface area contributed by atoms with E-state index in [1.165, 1.54) is 5.38 Å². The van der Waals surface area contributed by atoms with Crippen molar-refractivity contribution in [2.45, 2.75) is 24.6 Å². The number of aromatic nitrogens is 1. The van der Waals surface area contributed by atoms with Gasteiger partial charge in [-0.1, -0.05) is 23.2 Å². The number of hydrogen-bond acceptors (Lipinski definition) is 6. The highest BCUT2D eigenvalue weighted by Gasteiger charge is 2.73. The molecule has 14 heteroatoms. The number of carbonyl (C=O) groups is 1. The van der Waals surface area contributed by atoms with Gasteiger partial charge in [0.15, 0.2) is 0 Å². The number of rotatable bonds is 4.